The average molecular weight is 260 g/mol. The van der Waals surface area contributed by atoms with Crippen LogP contribution in [0, 0.1) is 0 Å². The van der Waals surface area contributed by atoms with E-state index in [2.05, 4.69) is 5.32 Å². The lowest BCUT2D eigenvalue weighted by Gasteiger charge is -2.17. The number of carbonyl (C=O) groups excluding carboxylic acids is 1. The molecule has 0 aromatic carbocycles. The van der Waals surface area contributed by atoms with Crippen LogP contribution in [0.1, 0.15) is 39.0 Å². The molecule has 18 heavy (non-hydrogen) atoms. The van der Waals surface area contributed by atoms with Crippen LogP contribution in [0.2, 0.25) is 0 Å². The fourth-order valence-electron chi connectivity index (χ4n) is 1.36. The SMILES string of the molecule is CCCC[C@H](N)C(=O)N[C@@H](CCC(=O)O)C(=O)O. The van der Waals surface area contributed by atoms with Crippen LogP contribution >= 0.6 is 0 Å². The first kappa shape index (κ1) is 16.4. The van der Waals surface area contributed by atoms with E-state index >= 15 is 0 Å². The van der Waals surface area contributed by atoms with Crippen molar-refractivity contribution < 1.29 is 24.6 Å². The molecule has 104 valence electrons. The number of carboxylic acid groups (broad SMARTS) is 2. The number of carbonyl (C=O) groups is 3. The lowest BCUT2D eigenvalue weighted by Crippen LogP contribution is -2.48. The summed E-state index contributed by atoms with van der Waals surface area (Å²) in [6.45, 7) is 1.96. The highest BCUT2D eigenvalue weighted by Crippen LogP contribution is 2.02. The highest BCUT2D eigenvalue weighted by molar-refractivity contribution is 5.87. The molecule has 0 aliphatic heterocycles. The molecular weight excluding hydrogens is 240 g/mol. The van der Waals surface area contributed by atoms with Crippen molar-refractivity contribution in [2.75, 3.05) is 0 Å². The van der Waals surface area contributed by atoms with Crippen LogP contribution in [-0.2, 0) is 14.4 Å². The smallest absolute Gasteiger partial charge is 0.326 e. The summed E-state index contributed by atoms with van der Waals surface area (Å²) >= 11 is 0. The highest BCUT2D eigenvalue weighted by Gasteiger charge is 2.23. The van der Waals surface area contributed by atoms with Crippen LogP contribution in [-0.4, -0.2) is 40.1 Å². The standard InChI is InChI=1S/C11H20N2O5/c1-2-3-4-7(12)10(16)13-8(11(17)18)5-6-9(14)15/h7-8H,2-6,12H2,1H3,(H,13,16)(H,14,15)(H,17,18)/t7-,8-/m0/s1. The molecule has 0 rings (SSSR count). The first-order valence-corrected chi connectivity index (χ1v) is 5.89. The average Bonchev–Trinajstić information content (AvgIpc) is 2.30. The molecule has 0 aliphatic carbocycles. The minimum absolute atomic E-state index is 0.156. The van der Waals surface area contributed by atoms with E-state index in [-0.39, 0.29) is 12.8 Å². The second-order valence-corrected chi connectivity index (χ2v) is 4.08. The van der Waals surface area contributed by atoms with Gasteiger partial charge in [0, 0.05) is 6.42 Å². The van der Waals surface area contributed by atoms with Gasteiger partial charge in [-0.1, -0.05) is 19.8 Å². The molecule has 0 aliphatic rings. The number of aliphatic carboxylic acids is 2. The maximum atomic E-state index is 11.6. The highest BCUT2D eigenvalue weighted by atomic mass is 16.4. The number of nitrogens with one attached hydrogen (secondary N) is 1. The van der Waals surface area contributed by atoms with Crippen LogP contribution in [0.5, 0.6) is 0 Å². The Labute approximate surface area is 105 Å². The number of amides is 1. The van der Waals surface area contributed by atoms with Crippen molar-refractivity contribution in [1.82, 2.24) is 5.32 Å². The largest absolute Gasteiger partial charge is 0.481 e. The third kappa shape index (κ3) is 6.85. The van der Waals surface area contributed by atoms with Crippen LogP contribution in [0.25, 0.3) is 0 Å². The number of rotatable bonds is 9. The predicted molar refractivity (Wildman–Crippen MR) is 63.9 cm³/mol. The molecule has 0 aromatic heterocycles. The van der Waals surface area contributed by atoms with Crippen molar-refractivity contribution in [3.8, 4) is 0 Å². The summed E-state index contributed by atoms with van der Waals surface area (Å²) in [6.07, 6.45) is 1.68. The topological polar surface area (TPSA) is 130 Å². The summed E-state index contributed by atoms with van der Waals surface area (Å²) in [7, 11) is 0. The third-order valence-corrected chi connectivity index (χ3v) is 2.47. The first-order chi connectivity index (χ1) is 8.38. The lowest BCUT2D eigenvalue weighted by molar-refractivity contribution is -0.143. The van der Waals surface area contributed by atoms with Gasteiger partial charge in [0.05, 0.1) is 6.04 Å². The number of unbranched alkanes of at least 4 members (excludes halogenated alkanes) is 1. The van der Waals surface area contributed by atoms with E-state index in [1.54, 1.807) is 0 Å². The van der Waals surface area contributed by atoms with Gasteiger partial charge in [-0.25, -0.2) is 4.79 Å². The fourth-order valence-corrected chi connectivity index (χ4v) is 1.36. The van der Waals surface area contributed by atoms with Crippen LogP contribution in [0.4, 0.5) is 0 Å². The summed E-state index contributed by atoms with van der Waals surface area (Å²) in [5, 5.41) is 19.6. The van der Waals surface area contributed by atoms with Gasteiger partial charge in [-0.3, -0.25) is 9.59 Å². The summed E-state index contributed by atoms with van der Waals surface area (Å²) < 4.78 is 0. The van der Waals surface area contributed by atoms with Crippen LogP contribution in [0.3, 0.4) is 0 Å². The fraction of sp³-hybridized carbons (Fsp3) is 0.727. The molecule has 7 heteroatoms. The number of nitrogens with two attached hydrogens (primary N) is 1. The van der Waals surface area contributed by atoms with E-state index in [1.807, 2.05) is 6.92 Å². The van der Waals surface area contributed by atoms with Crippen LogP contribution < -0.4 is 11.1 Å². The van der Waals surface area contributed by atoms with Crippen molar-refractivity contribution in [2.24, 2.45) is 5.73 Å². The number of hydrogen-bond acceptors (Lipinski definition) is 4. The van der Waals surface area contributed by atoms with Gasteiger partial charge in [-0.15, -0.1) is 0 Å². The molecule has 7 nitrogen and oxygen atoms in total. The normalized spacial score (nSPS) is 13.7. The van der Waals surface area contributed by atoms with E-state index in [1.165, 1.54) is 0 Å². The molecule has 0 radical (unpaired) electrons. The molecule has 0 heterocycles. The molecule has 0 unspecified atom stereocenters. The summed E-state index contributed by atoms with van der Waals surface area (Å²) in [5.41, 5.74) is 5.59. The molecule has 0 aromatic rings. The van der Waals surface area contributed by atoms with Gasteiger partial charge in [-0.2, -0.15) is 0 Å². The van der Waals surface area contributed by atoms with E-state index in [4.69, 9.17) is 15.9 Å². The first-order valence-electron chi connectivity index (χ1n) is 5.89. The van der Waals surface area contributed by atoms with Crippen molar-refractivity contribution >= 4 is 17.8 Å². The summed E-state index contributed by atoms with van der Waals surface area (Å²) in [4.78, 5) is 32.8. The molecule has 1 amide bonds. The number of carboxylic acids is 2. The lowest BCUT2D eigenvalue weighted by atomic mass is 10.1. The molecule has 0 bridgehead atoms. The van der Waals surface area contributed by atoms with Gasteiger partial charge < -0.3 is 21.3 Å². The van der Waals surface area contributed by atoms with Gasteiger partial charge in [0.1, 0.15) is 6.04 Å². The Hall–Kier alpha value is -1.63. The zero-order valence-corrected chi connectivity index (χ0v) is 10.4. The quantitative estimate of drug-likeness (QED) is 0.459. The molecule has 0 spiro atoms. The molecule has 5 N–H and O–H groups in total. The Kier molecular flexibility index (Phi) is 7.69. The van der Waals surface area contributed by atoms with Crippen molar-refractivity contribution in [1.29, 1.82) is 0 Å². The Balaban J connectivity index is 4.26. The Morgan fingerprint density at radius 1 is 1.22 bits per heavy atom. The molecule has 0 saturated carbocycles. The maximum absolute atomic E-state index is 11.6. The van der Waals surface area contributed by atoms with Crippen LogP contribution in [0.15, 0.2) is 0 Å². The van der Waals surface area contributed by atoms with Crippen molar-refractivity contribution in [3.63, 3.8) is 0 Å². The van der Waals surface area contributed by atoms with Gasteiger partial charge in [0.2, 0.25) is 5.91 Å². The predicted octanol–water partition coefficient (Wildman–Crippen LogP) is -0.0619. The maximum Gasteiger partial charge on any atom is 0.326 e. The zero-order chi connectivity index (χ0) is 14.1. The summed E-state index contributed by atoms with van der Waals surface area (Å²) in [6, 6.07) is -1.96. The van der Waals surface area contributed by atoms with Gasteiger partial charge >= 0.3 is 11.9 Å². The summed E-state index contributed by atoms with van der Waals surface area (Å²) in [5.74, 6) is -2.92. The van der Waals surface area contributed by atoms with Crippen molar-refractivity contribution in [3.05, 3.63) is 0 Å². The third-order valence-electron chi connectivity index (χ3n) is 2.47. The molecule has 0 fully saturated rings. The van der Waals surface area contributed by atoms with Crippen molar-refractivity contribution in [2.45, 2.75) is 51.1 Å². The van der Waals surface area contributed by atoms with Gasteiger partial charge in [0.25, 0.3) is 0 Å². The molecular formula is C11H20N2O5. The van der Waals surface area contributed by atoms with Gasteiger partial charge in [-0.05, 0) is 12.8 Å². The van der Waals surface area contributed by atoms with E-state index in [0.29, 0.717) is 6.42 Å². The second kappa shape index (κ2) is 8.46. The van der Waals surface area contributed by atoms with E-state index in [0.717, 1.165) is 12.8 Å². The minimum Gasteiger partial charge on any atom is -0.481 e. The zero-order valence-electron chi connectivity index (χ0n) is 10.4. The number of hydrogen-bond donors (Lipinski definition) is 4. The Morgan fingerprint density at radius 2 is 1.83 bits per heavy atom. The molecule has 0 saturated heterocycles. The second-order valence-electron chi connectivity index (χ2n) is 4.08. The molecule has 2 atom stereocenters. The minimum atomic E-state index is -1.26. The van der Waals surface area contributed by atoms with Gasteiger partial charge in [0.15, 0.2) is 0 Å². The van der Waals surface area contributed by atoms with E-state index < -0.39 is 29.9 Å². The Morgan fingerprint density at radius 3 is 2.28 bits per heavy atom. The monoisotopic (exact) mass is 260 g/mol. The Bertz CT molecular complexity index is 306. The van der Waals surface area contributed by atoms with E-state index in [9.17, 15) is 14.4 Å².